The molecule has 1 fully saturated rings. The number of rotatable bonds is 6. The zero-order valence-corrected chi connectivity index (χ0v) is 11.7. The minimum Gasteiger partial charge on any atom is -0.278 e. The number of nitrogens with zero attached hydrogens (tertiary/aromatic N) is 1. The van der Waals surface area contributed by atoms with Crippen molar-refractivity contribution in [3.8, 4) is 0 Å². The highest BCUT2D eigenvalue weighted by molar-refractivity contribution is 6.05. The van der Waals surface area contributed by atoms with Gasteiger partial charge in [0.25, 0.3) is 0 Å². The van der Waals surface area contributed by atoms with E-state index in [9.17, 15) is 9.59 Å². The van der Waals surface area contributed by atoms with Gasteiger partial charge in [0.1, 0.15) is 0 Å². The van der Waals surface area contributed by atoms with Gasteiger partial charge in [0.05, 0.1) is 11.8 Å². The molecule has 3 heteroatoms. The van der Waals surface area contributed by atoms with Crippen LogP contribution < -0.4 is 0 Å². The molecule has 1 heterocycles. The summed E-state index contributed by atoms with van der Waals surface area (Å²) in [5.41, 5.74) is 1.37. The minimum atomic E-state index is -0.109. The molecule has 2 amide bonds. The molecule has 0 bridgehead atoms. The molecule has 2 rings (SSSR count). The first-order valence-corrected chi connectivity index (χ1v) is 7.33. The highest BCUT2D eigenvalue weighted by Crippen LogP contribution is 2.38. The third-order valence-electron chi connectivity index (χ3n) is 4.21. The molecular formula is C16H23NO2. The predicted molar refractivity (Wildman–Crippen MR) is 75.4 cm³/mol. The normalized spacial score (nSPS) is 26.4. The molecule has 2 unspecified atom stereocenters. The molecule has 0 radical (unpaired) electrons. The van der Waals surface area contributed by atoms with Crippen molar-refractivity contribution in [1.29, 1.82) is 0 Å². The maximum absolute atomic E-state index is 12.2. The van der Waals surface area contributed by atoms with Gasteiger partial charge in [-0.25, -0.2) is 0 Å². The maximum atomic E-state index is 12.2. The molecule has 104 valence electrons. The van der Waals surface area contributed by atoms with E-state index in [0.29, 0.717) is 6.54 Å². The third-order valence-corrected chi connectivity index (χ3v) is 4.21. The molecule has 0 aromatic heterocycles. The Morgan fingerprint density at radius 3 is 2.74 bits per heavy atom. The van der Waals surface area contributed by atoms with Gasteiger partial charge in [-0.2, -0.15) is 0 Å². The Labute approximate surface area is 115 Å². The van der Waals surface area contributed by atoms with E-state index in [-0.39, 0.29) is 23.7 Å². The van der Waals surface area contributed by atoms with E-state index in [1.54, 1.807) is 6.08 Å². The summed E-state index contributed by atoms with van der Waals surface area (Å²) in [6.45, 7) is 6.17. The van der Waals surface area contributed by atoms with E-state index in [1.807, 2.05) is 0 Å². The van der Waals surface area contributed by atoms with Crippen molar-refractivity contribution < 1.29 is 9.59 Å². The van der Waals surface area contributed by atoms with Gasteiger partial charge in [-0.1, -0.05) is 37.5 Å². The number of unbranched alkanes of at least 4 members (excludes halogenated alkanes) is 2. The number of imide groups is 1. The van der Waals surface area contributed by atoms with E-state index in [4.69, 9.17) is 0 Å². The Morgan fingerprint density at radius 1 is 1.32 bits per heavy atom. The van der Waals surface area contributed by atoms with E-state index in [0.717, 1.165) is 19.3 Å². The van der Waals surface area contributed by atoms with Crippen molar-refractivity contribution in [2.75, 3.05) is 6.54 Å². The second kappa shape index (κ2) is 6.18. The van der Waals surface area contributed by atoms with Crippen LogP contribution in [0, 0.1) is 11.8 Å². The largest absolute Gasteiger partial charge is 0.278 e. The first-order chi connectivity index (χ1) is 9.19. The Bertz CT molecular complexity index is 411. The van der Waals surface area contributed by atoms with Crippen molar-refractivity contribution in [3.63, 3.8) is 0 Å². The van der Waals surface area contributed by atoms with Crippen LogP contribution in [0.25, 0.3) is 0 Å². The smallest absolute Gasteiger partial charge is 0.233 e. The number of hydrogen-bond acceptors (Lipinski definition) is 2. The monoisotopic (exact) mass is 261 g/mol. The van der Waals surface area contributed by atoms with Gasteiger partial charge in [-0.05, 0) is 25.7 Å². The van der Waals surface area contributed by atoms with Crippen LogP contribution in [0.5, 0.6) is 0 Å². The summed E-state index contributed by atoms with van der Waals surface area (Å²) in [5.74, 6) is -0.203. The second-order valence-corrected chi connectivity index (χ2v) is 5.55. The lowest BCUT2D eigenvalue weighted by Crippen LogP contribution is -2.31. The average Bonchev–Trinajstić information content (AvgIpc) is 2.65. The van der Waals surface area contributed by atoms with Crippen molar-refractivity contribution in [3.05, 3.63) is 24.3 Å². The fourth-order valence-corrected chi connectivity index (χ4v) is 3.12. The summed E-state index contributed by atoms with van der Waals surface area (Å²) in [6, 6.07) is 0. The summed E-state index contributed by atoms with van der Waals surface area (Å²) < 4.78 is 0. The zero-order valence-electron chi connectivity index (χ0n) is 11.7. The molecule has 0 spiro atoms. The summed E-state index contributed by atoms with van der Waals surface area (Å²) >= 11 is 0. The molecule has 2 atom stereocenters. The number of carbonyl (C=O) groups excluding carboxylic acids is 2. The molecule has 0 N–H and O–H groups in total. The predicted octanol–water partition coefficient (Wildman–Crippen LogP) is 3.07. The quantitative estimate of drug-likeness (QED) is 0.418. The maximum Gasteiger partial charge on any atom is 0.233 e. The van der Waals surface area contributed by atoms with Gasteiger partial charge in [0.15, 0.2) is 0 Å². The number of carbonyl (C=O) groups is 2. The van der Waals surface area contributed by atoms with Crippen LogP contribution in [-0.4, -0.2) is 23.3 Å². The van der Waals surface area contributed by atoms with Gasteiger partial charge in [-0.15, -0.1) is 6.58 Å². The van der Waals surface area contributed by atoms with Crippen molar-refractivity contribution in [2.45, 2.75) is 45.4 Å². The molecule has 0 aromatic carbocycles. The summed E-state index contributed by atoms with van der Waals surface area (Å²) in [5, 5.41) is 0. The van der Waals surface area contributed by atoms with Crippen LogP contribution in [0.4, 0.5) is 0 Å². The van der Waals surface area contributed by atoms with Crippen molar-refractivity contribution in [2.24, 2.45) is 11.8 Å². The minimum absolute atomic E-state index is 0.00115. The molecule has 2 aliphatic rings. The Kier molecular flexibility index (Phi) is 4.56. The van der Waals surface area contributed by atoms with Crippen LogP contribution in [0.3, 0.4) is 0 Å². The van der Waals surface area contributed by atoms with E-state index in [2.05, 4.69) is 19.6 Å². The Hall–Kier alpha value is -1.38. The van der Waals surface area contributed by atoms with E-state index >= 15 is 0 Å². The third kappa shape index (κ3) is 2.80. The van der Waals surface area contributed by atoms with E-state index in [1.165, 1.54) is 29.7 Å². The lowest BCUT2D eigenvalue weighted by atomic mass is 9.80. The second-order valence-electron chi connectivity index (χ2n) is 5.55. The molecule has 0 saturated carbocycles. The number of hydrogen-bond donors (Lipinski definition) is 0. The van der Waals surface area contributed by atoms with Crippen LogP contribution >= 0.6 is 0 Å². The molecular weight excluding hydrogens is 238 g/mol. The standard InChI is InChI=1S/C16H23NO2/c1-3-5-6-7-12-8-9-13-14(11-12)16(19)17(10-4-2)15(13)18/h4,8,13-14H,2-3,5-7,9-11H2,1H3. The van der Waals surface area contributed by atoms with E-state index < -0.39 is 0 Å². The first-order valence-electron chi connectivity index (χ1n) is 7.33. The Morgan fingerprint density at radius 2 is 2.05 bits per heavy atom. The van der Waals surface area contributed by atoms with Crippen LogP contribution in [0.1, 0.15) is 45.4 Å². The molecule has 19 heavy (non-hydrogen) atoms. The van der Waals surface area contributed by atoms with Crippen LogP contribution in [0.15, 0.2) is 24.3 Å². The highest BCUT2D eigenvalue weighted by atomic mass is 16.2. The SMILES string of the molecule is C=CCN1C(=O)C2CC=C(CCCCC)CC2C1=O. The van der Waals surface area contributed by atoms with Gasteiger partial charge in [-0.3, -0.25) is 14.5 Å². The van der Waals surface area contributed by atoms with Gasteiger partial charge < -0.3 is 0 Å². The molecule has 0 aromatic rings. The van der Waals surface area contributed by atoms with Crippen molar-refractivity contribution in [1.82, 2.24) is 4.90 Å². The summed E-state index contributed by atoms with van der Waals surface area (Å²) in [4.78, 5) is 25.8. The van der Waals surface area contributed by atoms with Gasteiger partial charge >= 0.3 is 0 Å². The number of fused-ring (bicyclic) bond motifs is 1. The first kappa shape index (κ1) is 14.0. The number of likely N-dealkylation sites (tertiary alicyclic amines) is 1. The summed E-state index contributed by atoms with van der Waals surface area (Å²) in [6.07, 6.45) is 10.1. The molecule has 1 aliphatic carbocycles. The lowest BCUT2D eigenvalue weighted by Gasteiger charge is -2.21. The van der Waals surface area contributed by atoms with Crippen LogP contribution in [-0.2, 0) is 9.59 Å². The fourth-order valence-electron chi connectivity index (χ4n) is 3.12. The topological polar surface area (TPSA) is 37.4 Å². The average molecular weight is 261 g/mol. The fraction of sp³-hybridized carbons (Fsp3) is 0.625. The summed E-state index contributed by atoms with van der Waals surface area (Å²) in [7, 11) is 0. The molecule has 1 aliphatic heterocycles. The molecule has 3 nitrogen and oxygen atoms in total. The Balaban J connectivity index is 2.00. The van der Waals surface area contributed by atoms with Gasteiger partial charge in [0.2, 0.25) is 11.8 Å². The van der Waals surface area contributed by atoms with Crippen LogP contribution in [0.2, 0.25) is 0 Å². The highest BCUT2D eigenvalue weighted by Gasteiger charge is 2.47. The van der Waals surface area contributed by atoms with Gasteiger partial charge in [0, 0.05) is 6.54 Å². The number of allylic oxidation sites excluding steroid dienone is 2. The molecule has 1 saturated heterocycles. The lowest BCUT2D eigenvalue weighted by molar-refractivity contribution is -0.139. The van der Waals surface area contributed by atoms with Crippen molar-refractivity contribution >= 4 is 11.8 Å². The zero-order chi connectivity index (χ0) is 13.8. The number of amides is 2.